The molecule has 0 bridgehead atoms. The third kappa shape index (κ3) is 4.21. The second-order valence-electron chi connectivity index (χ2n) is 4.57. The minimum Gasteiger partial charge on any atom is -0.354 e. The summed E-state index contributed by atoms with van der Waals surface area (Å²) in [6, 6.07) is 1.98. The molecule has 0 aromatic carbocycles. The predicted octanol–water partition coefficient (Wildman–Crippen LogP) is 2.05. The molecular weight excluding hydrogens is 214 g/mol. The fraction of sp³-hybridized carbons (Fsp3) is 0.692. The van der Waals surface area contributed by atoms with Gasteiger partial charge < -0.3 is 5.32 Å². The summed E-state index contributed by atoms with van der Waals surface area (Å²) in [6.07, 6.45) is 2.22. The highest BCUT2D eigenvalue weighted by Gasteiger charge is 2.09. The zero-order valence-corrected chi connectivity index (χ0v) is 11.3. The van der Waals surface area contributed by atoms with Gasteiger partial charge in [-0.25, -0.2) is 0 Å². The Morgan fingerprint density at radius 1 is 1.41 bits per heavy atom. The van der Waals surface area contributed by atoms with Crippen molar-refractivity contribution >= 4 is 5.91 Å². The zero-order valence-electron chi connectivity index (χ0n) is 11.3. The Bertz CT molecular complexity index is 367. The maximum absolute atomic E-state index is 11.7. The van der Waals surface area contributed by atoms with E-state index in [1.807, 2.05) is 19.9 Å². The summed E-state index contributed by atoms with van der Waals surface area (Å²) in [6.45, 7) is 9.30. The molecule has 0 unspecified atom stereocenters. The van der Waals surface area contributed by atoms with Gasteiger partial charge in [0.2, 0.25) is 5.91 Å². The Kier molecular flexibility index (Phi) is 5.19. The topological polar surface area (TPSA) is 46.9 Å². The largest absolute Gasteiger partial charge is 0.354 e. The van der Waals surface area contributed by atoms with Crippen molar-refractivity contribution in [2.24, 2.45) is 5.92 Å². The molecule has 0 aliphatic rings. The van der Waals surface area contributed by atoms with Gasteiger partial charge in [0.05, 0.1) is 5.69 Å². The molecule has 0 aliphatic heterocycles. The van der Waals surface area contributed by atoms with Crippen molar-refractivity contribution in [1.29, 1.82) is 0 Å². The Morgan fingerprint density at radius 3 is 2.53 bits per heavy atom. The molecule has 4 heteroatoms. The maximum atomic E-state index is 11.7. The van der Waals surface area contributed by atoms with Gasteiger partial charge in [0, 0.05) is 12.2 Å². The van der Waals surface area contributed by atoms with Crippen LogP contribution in [0.5, 0.6) is 0 Å². The molecule has 0 aliphatic carbocycles. The van der Waals surface area contributed by atoms with Gasteiger partial charge in [0.25, 0.3) is 0 Å². The van der Waals surface area contributed by atoms with Crippen molar-refractivity contribution in [2.45, 2.75) is 47.1 Å². The highest BCUT2D eigenvalue weighted by atomic mass is 16.2. The van der Waals surface area contributed by atoms with Crippen LogP contribution in [-0.4, -0.2) is 22.2 Å². The molecule has 0 saturated carbocycles. The summed E-state index contributed by atoms with van der Waals surface area (Å²) in [5.74, 6) is 0.627. The standard InChI is InChI=1S/C13H23N3O/c1-5-12(6-2)8-14-13(17)9-16-11(4)7-10(3)15-16/h7,12H,5-6,8-9H2,1-4H3,(H,14,17). The van der Waals surface area contributed by atoms with E-state index in [1.165, 1.54) is 0 Å². The fourth-order valence-corrected chi connectivity index (χ4v) is 1.86. The monoisotopic (exact) mass is 237 g/mol. The number of hydrogen-bond donors (Lipinski definition) is 1. The van der Waals surface area contributed by atoms with Crippen molar-refractivity contribution in [3.05, 3.63) is 17.5 Å². The second-order valence-corrected chi connectivity index (χ2v) is 4.57. The first-order valence-electron chi connectivity index (χ1n) is 6.34. The summed E-state index contributed by atoms with van der Waals surface area (Å²) >= 11 is 0. The van der Waals surface area contributed by atoms with Crippen molar-refractivity contribution in [3.8, 4) is 0 Å². The van der Waals surface area contributed by atoms with E-state index in [0.29, 0.717) is 12.5 Å². The number of aromatic nitrogens is 2. The number of carbonyl (C=O) groups excluding carboxylic acids is 1. The van der Waals surface area contributed by atoms with Crippen LogP contribution in [0.2, 0.25) is 0 Å². The summed E-state index contributed by atoms with van der Waals surface area (Å²) < 4.78 is 1.75. The number of hydrogen-bond acceptors (Lipinski definition) is 2. The Labute approximate surface area is 103 Å². The molecule has 0 spiro atoms. The molecule has 1 amide bonds. The molecule has 1 aromatic rings. The molecule has 4 nitrogen and oxygen atoms in total. The van der Waals surface area contributed by atoms with Gasteiger partial charge in [-0.1, -0.05) is 26.7 Å². The quantitative estimate of drug-likeness (QED) is 0.823. The first-order chi connectivity index (χ1) is 8.06. The number of amides is 1. The van der Waals surface area contributed by atoms with Gasteiger partial charge in [0.1, 0.15) is 6.54 Å². The van der Waals surface area contributed by atoms with Crippen molar-refractivity contribution in [3.63, 3.8) is 0 Å². The molecular formula is C13H23N3O. The average molecular weight is 237 g/mol. The first-order valence-corrected chi connectivity index (χ1v) is 6.34. The lowest BCUT2D eigenvalue weighted by atomic mass is 10.0. The average Bonchev–Trinajstić information content (AvgIpc) is 2.59. The SMILES string of the molecule is CCC(CC)CNC(=O)Cn1nc(C)cc1C. The molecule has 1 heterocycles. The van der Waals surface area contributed by atoms with Crippen LogP contribution in [0.4, 0.5) is 0 Å². The minimum atomic E-state index is 0.0445. The summed E-state index contributed by atoms with van der Waals surface area (Å²) in [4.78, 5) is 11.7. The Balaban J connectivity index is 2.42. The highest BCUT2D eigenvalue weighted by molar-refractivity contribution is 5.75. The third-order valence-corrected chi connectivity index (χ3v) is 3.14. The molecule has 1 N–H and O–H groups in total. The van der Waals surface area contributed by atoms with Gasteiger partial charge in [-0.15, -0.1) is 0 Å². The van der Waals surface area contributed by atoms with E-state index >= 15 is 0 Å². The highest BCUT2D eigenvalue weighted by Crippen LogP contribution is 2.05. The second kappa shape index (κ2) is 6.42. The number of aryl methyl sites for hydroxylation is 2. The lowest BCUT2D eigenvalue weighted by Gasteiger charge is -2.13. The van der Waals surface area contributed by atoms with Gasteiger partial charge in [-0.2, -0.15) is 5.10 Å². The smallest absolute Gasteiger partial charge is 0.241 e. The van der Waals surface area contributed by atoms with Crippen LogP contribution < -0.4 is 5.32 Å². The molecule has 0 atom stereocenters. The lowest BCUT2D eigenvalue weighted by molar-refractivity contribution is -0.122. The third-order valence-electron chi connectivity index (χ3n) is 3.14. The molecule has 0 fully saturated rings. The van der Waals surface area contributed by atoms with E-state index in [4.69, 9.17) is 0 Å². The zero-order chi connectivity index (χ0) is 12.8. The van der Waals surface area contributed by atoms with E-state index < -0.39 is 0 Å². The van der Waals surface area contributed by atoms with E-state index in [1.54, 1.807) is 4.68 Å². The predicted molar refractivity (Wildman–Crippen MR) is 68.8 cm³/mol. The normalized spacial score (nSPS) is 10.9. The Morgan fingerprint density at radius 2 is 2.06 bits per heavy atom. The van der Waals surface area contributed by atoms with Gasteiger partial charge in [0.15, 0.2) is 0 Å². The van der Waals surface area contributed by atoms with E-state index in [-0.39, 0.29) is 5.91 Å². The lowest BCUT2D eigenvalue weighted by Crippen LogP contribution is -2.32. The number of nitrogens with zero attached hydrogens (tertiary/aromatic N) is 2. The Hall–Kier alpha value is -1.32. The van der Waals surface area contributed by atoms with Crippen molar-refractivity contribution in [1.82, 2.24) is 15.1 Å². The fourth-order valence-electron chi connectivity index (χ4n) is 1.86. The van der Waals surface area contributed by atoms with Gasteiger partial charge in [-0.3, -0.25) is 9.48 Å². The van der Waals surface area contributed by atoms with E-state index in [0.717, 1.165) is 30.8 Å². The number of nitrogens with one attached hydrogen (secondary N) is 1. The van der Waals surface area contributed by atoms with Crippen LogP contribution in [0.3, 0.4) is 0 Å². The number of rotatable bonds is 6. The first kappa shape index (κ1) is 13.7. The molecule has 0 saturated heterocycles. The maximum Gasteiger partial charge on any atom is 0.241 e. The van der Waals surface area contributed by atoms with Crippen LogP contribution in [0.15, 0.2) is 6.07 Å². The van der Waals surface area contributed by atoms with E-state index in [2.05, 4.69) is 24.3 Å². The minimum absolute atomic E-state index is 0.0445. The molecule has 0 radical (unpaired) electrons. The van der Waals surface area contributed by atoms with Crippen LogP contribution in [0.1, 0.15) is 38.1 Å². The van der Waals surface area contributed by atoms with Crippen molar-refractivity contribution in [2.75, 3.05) is 6.54 Å². The molecule has 1 rings (SSSR count). The van der Waals surface area contributed by atoms with Gasteiger partial charge in [-0.05, 0) is 25.8 Å². The van der Waals surface area contributed by atoms with Crippen LogP contribution in [0, 0.1) is 19.8 Å². The molecule has 1 aromatic heterocycles. The summed E-state index contributed by atoms with van der Waals surface area (Å²) in [7, 11) is 0. The van der Waals surface area contributed by atoms with Gasteiger partial charge >= 0.3 is 0 Å². The van der Waals surface area contributed by atoms with Crippen LogP contribution >= 0.6 is 0 Å². The molecule has 17 heavy (non-hydrogen) atoms. The van der Waals surface area contributed by atoms with E-state index in [9.17, 15) is 4.79 Å². The van der Waals surface area contributed by atoms with Crippen LogP contribution in [-0.2, 0) is 11.3 Å². The summed E-state index contributed by atoms with van der Waals surface area (Å²) in [5, 5.41) is 7.24. The summed E-state index contributed by atoms with van der Waals surface area (Å²) in [5.41, 5.74) is 1.98. The van der Waals surface area contributed by atoms with Crippen molar-refractivity contribution < 1.29 is 4.79 Å². The molecule has 96 valence electrons. The number of carbonyl (C=O) groups is 1. The van der Waals surface area contributed by atoms with Crippen LogP contribution in [0.25, 0.3) is 0 Å².